The number of carbonyl (C=O) groups excluding carboxylic acids is 2. The standard InChI is InChI=1S/C22H14INO6/c23-10-18(27)24-19-16(26)8-7-15-20(19)29-17-9-11(25)5-6-14(17)22(15)13-4-2-1-3-12(13)21(28)30-22/h1-9,25-26H,10H2,(H,24,27). The van der Waals surface area contributed by atoms with Crippen molar-refractivity contribution in [2.45, 2.75) is 5.60 Å². The maximum Gasteiger partial charge on any atom is 0.340 e. The molecule has 0 saturated carbocycles. The fourth-order valence-corrected chi connectivity index (χ4v) is 4.20. The molecular weight excluding hydrogens is 501 g/mol. The van der Waals surface area contributed by atoms with E-state index >= 15 is 0 Å². The van der Waals surface area contributed by atoms with Crippen LogP contribution in [0.4, 0.5) is 5.69 Å². The SMILES string of the molecule is O=C(CI)Nc1c(O)ccc2c1Oc1cc(O)ccc1C21OC(=O)c2ccccc21. The summed E-state index contributed by atoms with van der Waals surface area (Å²) in [6.45, 7) is 0. The average molecular weight is 515 g/mol. The van der Waals surface area contributed by atoms with E-state index in [0.29, 0.717) is 22.3 Å². The lowest BCUT2D eigenvalue weighted by molar-refractivity contribution is -0.113. The smallest absolute Gasteiger partial charge is 0.340 e. The minimum absolute atomic E-state index is 0.0389. The first-order chi connectivity index (χ1) is 14.5. The van der Waals surface area contributed by atoms with Gasteiger partial charge in [0, 0.05) is 17.2 Å². The molecule has 1 amide bonds. The van der Waals surface area contributed by atoms with E-state index < -0.39 is 11.6 Å². The topological polar surface area (TPSA) is 105 Å². The molecule has 7 nitrogen and oxygen atoms in total. The normalized spacial score (nSPS) is 18.1. The van der Waals surface area contributed by atoms with Gasteiger partial charge in [-0.2, -0.15) is 0 Å². The van der Waals surface area contributed by atoms with Gasteiger partial charge in [-0.15, -0.1) is 0 Å². The Kier molecular flexibility index (Phi) is 4.14. The quantitative estimate of drug-likeness (QED) is 0.206. The number of phenolic OH excluding ortho intramolecular Hbond substituents is 2. The molecule has 0 fully saturated rings. The number of alkyl halides is 1. The highest BCUT2D eigenvalue weighted by Crippen LogP contribution is 2.59. The maximum atomic E-state index is 12.8. The zero-order chi connectivity index (χ0) is 21.0. The van der Waals surface area contributed by atoms with Gasteiger partial charge in [-0.05, 0) is 30.3 Å². The second-order valence-corrected chi connectivity index (χ2v) is 7.68. The Morgan fingerprint density at radius 3 is 2.60 bits per heavy atom. The highest BCUT2D eigenvalue weighted by molar-refractivity contribution is 14.1. The molecule has 0 bridgehead atoms. The molecule has 3 aromatic carbocycles. The number of phenols is 2. The Morgan fingerprint density at radius 1 is 1.03 bits per heavy atom. The number of hydrogen-bond acceptors (Lipinski definition) is 6. The Morgan fingerprint density at radius 2 is 1.80 bits per heavy atom. The molecule has 0 aliphatic carbocycles. The Bertz CT molecular complexity index is 1240. The van der Waals surface area contributed by atoms with Crippen molar-refractivity contribution < 1.29 is 29.3 Å². The summed E-state index contributed by atoms with van der Waals surface area (Å²) >= 11 is 1.91. The minimum atomic E-state index is -1.35. The molecular formula is C22H14INO6. The van der Waals surface area contributed by atoms with Crippen molar-refractivity contribution >= 4 is 40.2 Å². The van der Waals surface area contributed by atoms with Crippen molar-refractivity contribution in [3.8, 4) is 23.0 Å². The zero-order valence-electron chi connectivity index (χ0n) is 15.3. The average Bonchev–Trinajstić information content (AvgIpc) is 3.03. The lowest BCUT2D eigenvalue weighted by atomic mass is 9.77. The van der Waals surface area contributed by atoms with Crippen LogP contribution in [0.3, 0.4) is 0 Å². The zero-order valence-corrected chi connectivity index (χ0v) is 17.5. The largest absolute Gasteiger partial charge is 0.508 e. The molecule has 3 N–H and O–H groups in total. The van der Waals surface area contributed by atoms with Gasteiger partial charge in [0.05, 0.1) is 15.6 Å². The first kappa shape index (κ1) is 18.7. The minimum Gasteiger partial charge on any atom is -0.508 e. The summed E-state index contributed by atoms with van der Waals surface area (Å²) in [5.74, 6) is -0.657. The van der Waals surface area contributed by atoms with Crippen LogP contribution in [0.2, 0.25) is 0 Å². The van der Waals surface area contributed by atoms with E-state index in [9.17, 15) is 19.8 Å². The van der Waals surface area contributed by atoms with Crippen molar-refractivity contribution in [2.24, 2.45) is 0 Å². The number of aromatic hydroxyl groups is 2. The highest BCUT2D eigenvalue weighted by atomic mass is 127. The fraction of sp³-hybridized carbons (Fsp3) is 0.0909. The van der Waals surface area contributed by atoms with Gasteiger partial charge in [0.15, 0.2) is 11.4 Å². The first-order valence-corrected chi connectivity index (χ1v) is 10.5. The molecule has 8 heteroatoms. The number of hydrogen-bond donors (Lipinski definition) is 3. The van der Waals surface area contributed by atoms with E-state index in [4.69, 9.17) is 9.47 Å². The molecule has 0 aromatic heterocycles. The molecule has 0 saturated heterocycles. The van der Waals surface area contributed by atoms with Crippen molar-refractivity contribution in [1.82, 2.24) is 0 Å². The molecule has 0 radical (unpaired) electrons. The summed E-state index contributed by atoms with van der Waals surface area (Å²) in [6, 6.07) is 14.6. The number of fused-ring (bicyclic) bond motifs is 6. The predicted octanol–water partition coefficient (Wildman–Crippen LogP) is 4.04. The number of esters is 1. The summed E-state index contributed by atoms with van der Waals surface area (Å²) in [4.78, 5) is 24.8. The van der Waals surface area contributed by atoms with E-state index in [0.717, 1.165) is 0 Å². The summed E-state index contributed by atoms with van der Waals surface area (Å²) in [5.41, 5.74) is 0.743. The number of carbonyl (C=O) groups is 2. The highest BCUT2D eigenvalue weighted by Gasteiger charge is 2.54. The Balaban J connectivity index is 1.86. The molecule has 2 aliphatic rings. The lowest BCUT2D eigenvalue weighted by Gasteiger charge is -2.37. The Labute approximate surface area is 184 Å². The fourth-order valence-electron chi connectivity index (χ4n) is 4.01. The van der Waals surface area contributed by atoms with Gasteiger partial charge in [-0.1, -0.05) is 40.8 Å². The molecule has 1 unspecified atom stereocenters. The van der Waals surface area contributed by atoms with Gasteiger partial charge >= 0.3 is 5.97 Å². The second kappa shape index (κ2) is 6.63. The van der Waals surface area contributed by atoms with Gasteiger partial charge in [0.2, 0.25) is 5.91 Å². The van der Waals surface area contributed by atoms with Crippen LogP contribution in [0.5, 0.6) is 23.0 Å². The van der Waals surface area contributed by atoms with E-state index in [1.807, 2.05) is 22.6 Å². The summed E-state index contributed by atoms with van der Waals surface area (Å²) < 4.78 is 12.2. The third-order valence-corrected chi connectivity index (χ3v) is 5.92. The van der Waals surface area contributed by atoms with Gasteiger partial charge in [-0.25, -0.2) is 4.79 Å². The van der Waals surface area contributed by atoms with Crippen molar-refractivity contribution in [2.75, 3.05) is 9.74 Å². The Hall–Kier alpha value is -3.27. The van der Waals surface area contributed by atoms with Gasteiger partial charge in [-0.3, -0.25) is 4.79 Å². The number of nitrogens with one attached hydrogen (secondary N) is 1. The number of amides is 1. The van der Waals surface area contributed by atoms with Crippen LogP contribution >= 0.6 is 22.6 Å². The van der Waals surface area contributed by atoms with Gasteiger partial charge < -0.3 is 25.0 Å². The number of benzene rings is 3. The van der Waals surface area contributed by atoms with E-state index in [2.05, 4.69) is 5.32 Å². The van der Waals surface area contributed by atoms with E-state index in [-0.39, 0.29) is 39.0 Å². The number of anilines is 1. The van der Waals surface area contributed by atoms with Crippen LogP contribution < -0.4 is 10.1 Å². The van der Waals surface area contributed by atoms with Crippen LogP contribution in [-0.2, 0) is 15.1 Å². The first-order valence-electron chi connectivity index (χ1n) is 9.02. The number of rotatable bonds is 2. The van der Waals surface area contributed by atoms with Crippen molar-refractivity contribution in [1.29, 1.82) is 0 Å². The monoisotopic (exact) mass is 515 g/mol. The summed E-state index contributed by atoms with van der Waals surface area (Å²) in [7, 11) is 0. The molecule has 30 heavy (non-hydrogen) atoms. The number of ether oxygens (including phenoxy) is 2. The van der Waals surface area contributed by atoms with Gasteiger partial charge in [0.25, 0.3) is 0 Å². The van der Waals surface area contributed by atoms with E-state index in [1.54, 1.807) is 36.4 Å². The third-order valence-electron chi connectivity index (χ3n) is 5.23. The van der Waals surface area contributed by atoms with Crippen LogP contribution in [0.15, 0.2) is 54.6 Å². The second-order valence-electron chi connectivity index (χ2n) is 6.92. The maximum absolute atomic E-state index is 12.8. The molecule has 5 rings (SSSR count). The molecule has 3 aromatic rings. The van der Waals surface area contributed by atoms with Gasteiger partial charge in [0.1, 0.15) is 22.9 Å². The van der Waals surface area contributed by atoms with Crippen LogP contribution in [-0.4, -0.2) is 26.5 Å². The predicted molar refractivity (Wildman–Crippen MR) is 116 cm³/mol. The molecule has 2 aliphatic heterocycles. The number of halogens is 1. The molecule has 1 atom stereocenters. The molecule has 2 heterocycles. The summed E-state index contributed by atoms with van der Waals surface area (Å²) in [5, 5.41) is 23.1. The van der Waals surface area contributed by atoms with Crippen LogP contribution in [0, 0.1) is 0 Å². The third kappa shape index (κ3) is 2.49. The lowest BCUT2D eigenvalue weighted by Crippen LogP contribution is -2.33. The van der Waals surface area contributed by atoms with E-state index in [1.165, 1.54) is 18.2 Å². The summed E-state index contributed by atoms with van der Waals surface area (Å²) in [6.07, 6.45) is 0. The molecule has 1 spiro atoms. The van der Waals surface area contributed by atoms with Crippen molar-refractivity contribution in [3.05, 3.63) is 76.9 Å². The van der Waals surface area contributed by atoms with Crippen molar-refractivity contribution in [3.63, 3.8) is 0 Å². The molecule has 150 valence electrons. The van der Waals surface area contributed by atoms with Crippen LogP contribution in [0.25, 0.3) is 0 Å². The van der Waals surface area contributed by atoms with Crippen LogP contribution in [0.1, 0.15) is 27.0 Å².